The van der Waals surface area contributed by atoms with Crippen molar-refractivity contribution < 1.29 is 33.3 Å². The van der Waals surface area contributed by atoms with Gasteiger partial charge >= 0.3 is 17.9 Å². The lowest BCUT2D eigenvalue weighted by molar-refractivity contribution is -0.278. The summed E-state index contributed by atoms with van der Waals surface area (Å²) in [7, 11) is 0. The summed E-state index contributed by atoms with van der Waals surface area (Å²) >= 11 is 0. The van der Waals surface area contributed by atoms with Crippen LogP contribution < -0.4 is 0 Å². The Morgan fingerprint density at radius 1 is 0.800 bits per heavy atom. The van der Waals surface area contributed by atoms with E-state index in [9.17, 15) is 14.4 Å². The van der Waals surface area contributed by atoms with Crippen LogP contribution in [0, 0.1) is 5.92 Å². The van der Waals surface area contributed by atoms with Gasteiger partial charge in [-0.15, -0.1) is 0 Å². The number of rotatable bonds is 3. The Hall–Kier alpha value is -1.63. The maximum absolute atomic E-state index is 11.2. The minimum Gasteiger partial charge on any atom is -0.458 e. The third-order valence-electron chi connectivity index (χ3n) is 3.09. The van der Waals surface area contributed by atoms with Crippen LogP contribution in [0.2, 0.25) is 0 Å². The molecule has 0 aromatic carbocycles. The summed E-state index contributed by atoms with van der Waals surface area (Å²) in [6.07, 6.45) is -3.13. The van der Waals surface area contributed by atoms with E-state index < -0.39 is 36.4 Å². The van der Waals surface area contributed by atoms with Gasteiger partial charge in [0.05, 0.1) is 6.10 Å². The van der Waals surface area contributed by atoms with Crippen molar-refractivity contribution in [2.45, 2.75) is 59.2 Å². The van der Waals surface area contributed by atoms with Crippen molar-refractivity contribution in [2.75, 3.05) is 0 Å². The molecule has 1 heterocycles. The molecule has 0 aromatic rings. The summed E-state index contributed by atoms with van der Waals surface area (Å²) < 4.78 is 20.9. The molecule has 1 saturated heterocycles. The maximum atomic E-state index is 11.2. The molecular formula is C13H20O7. The third-order valence-corrected chi connectivity index (χ3v) is 3.09. The number of hydrogen-bond acceptors (Lipinski definition) is 7. The van der Waals surface area contributed by atoms with Crippen LogP contribution in [-0.4, -0.2) is 42.5 Å². The van der Waals surface area contributed by atoms with Crippen LogP contribution in [0.25, 0.3) is 0 Å². The van der Waals surface area contributed by atoms with Crippen LogP contribution in [0.15, 0.2) is 0 Å². The van der Waals surface area contributed by atoms with Crippen molar-refractivity contribution in [3.8, 4) is 0 Å². The highest BCUT2D eigenvalue weighted by atomic mass is 16.7. The predicted octanol–water partition coefficient (Wildman–Crippen LogP) is 0.794. The van der Waals surface area contributed by atoms with E-state index >= 15 is 0 Å². The fourth-order valence-electron chi connectivity index (χ4n) is 2.07. The largest absolute Gasteiger partial charge is 0.458 e. The predicted molar refractivity (Wildman–Crippen MR) is 66.4 cm³/mol. The molecule has 7 nitrogen and oxygen atoms in total. The maximum Gasteiger partial charge on any atom is 0.305 e. The first-order valence-corrected chi connectivity index (χ1v) is 6.39. The van der Waals surface area contributed by atoms with E-state index in [2.05, 4.69) is 0 Å². The SMILES string of the molecule is CC(=O)OC1[C@H](C)C(C)O[C@@H](OC(C)=O)[C@H]1OC(C)=O. The van der Waals surface area contributed by atoms with Crippen LogP contribution in [0.4, 0.5) is 0 Å². The summed E-state index contributed by atoms with van der Waals surface area (Å²) in [4.78, 5) is 33.5. The first-order chi connectivity index (χ1) is 9.22. The lowest BCUT2D eigenvalue weighted by Gasteiger charge is -2.42. The monoisotopic (exact) mass is 288 g/mol. The van der Waals surface area contributed by atoms with Gasteiger partial charge in [-0.1, -0.05) is 6.92 Å². The van der Waals surface area contributed by atoms with Crippen LogP contribution in [-0.2, 0) is 33.3 Å². The van der Waals surface area contributed by atoms with E-state index in [4.69, 9.17) is 18.9 Å². The number of carbonyl (C=O) groups is 3. The molecule has 20 heavy (non-hydrogen) atoms. The molecule has 0 aromatic heterocycles. The van der Waals surface area contributed by atoms with Gasteiger partial charge in [0.1, 0.15) is 6.10 Å². The Morgan fingerprint density at radius 3 is 1.70 bits per heavy atom. The molecule has 0 spiro atoms. The zero-order valence-corrected chi connectivity index (χ0v) is 12.2. The molecule has 0 saturated carbocycles. The van der Waals surface area contributed by atoms with Gasteiger partial charge in [-0.25, -0.2) is 0 Å². The quantitative estimate of drug-likeness (QED) is 0.560. The van der Waals surface area contributed by atoms with Gasteiger partial charge in [-0.2, -0.15) is 0 Å². The Morgan fingerprint density at radius 2 is 1.25 bits per heavy atom. The van der Waals surface area contributed by atoms with E-state index in [-0.39, 0.29) is 12.0 Å². The highest BCUT2D eigenvalue weighted by Crippen LogP contribution is 2.31. The number of hydrogen-bond donors (Lipinski definition) is 0. The van der Waals surface area contributed by atoms with E-state index in [0.29, 0.717) is 0 Å². The number of esters is 3. The molecule has 7 heteroatoms. The second-order valence-corrected chi connectivity index (χ2v) is 4.83. The van der Waals surface area contributed by atoms with Gasteiger partial charge in [0.15, 0.2) is 0 Å². The molecule has 1 rings (SSSR count). The zero-order valence-electron chi connectivity index (χ0n) is 12.2. The average molecular weight is 288 g/mol. The van der Waals surface area contributed by atoms with Crippen LogP contribution in [0.3, 0.4) is 0 Å². The Kier molecular flexibility index (Phi) is 5.50. The van der Waals surface area contributed by atoms with Gasteiger partial charge in [0.2, 0.25) is 12.4 Å². The van der Waals surface area contributed by atoms with Gasteiger partial charge in [0.25, 0.3) is 0 Å². The molecule has 1 aliphatic rings. The van der Waals surface area contributed by atoms with Crippen molar-refractivity contribution >= 4 is 17.9 Å². The first-order valence-electron chi connectivity index (χ1n) is 6.39. The first kappa shape index (κ1) is 16.4. The fraction of sp³-hybridized carbons (Fsp3) is 0.769. The minimum absolute atomic E-state index is 0.213. The summed E-state index contributed by atoms with van der Waals surface area (Å²) in [5, 5.41) is 0. The van der Waals surface area contributed by atoms with Crippen molar-refractivity contribution in [3.05, 3.63) is 0 Å². The zero-order chi connectivity index (χ0) is 15.4. The summed E-state index contributed by atoms with van der Waals surface area (Å²) in [6, 6.07) is 0. The molecule has 1 aliphatic heterocycles. The Bertz CT molecular complexity index is 392. The molecule has 2 unspecified atom stereocenters. The number of ether oxygens (including phenoxy) is 4. The van der Waals surface area contributed by atoms with Crippen molar-refractivity contribution in [1.29, 1.82) is 0 Å². The highest BCUT2D eigenvalue weighted by molar-refractivity contribution is 5.68. The molecule has 0 bridgehead atoms. The van der Waals surface area contributed by atoms with E-state index in [1.807, 2.05) is 0 Å². The molecule has 0 radical (unpaired) electrons. The lowest BCUT2D eigenvalue weighted by Crippen LogP contribution is -2.56. The molecule has 0 N–H and O–H groups in total. The number of carbonyl (C=O) groups excluding carboxylic acids is 3. The highest BCUT2D eigenvalue weighted by Gasteiger charge is 2.48. The summed E-state index contributed by atoms with van der Waals surface area (Å²) in [5.74, 6) is -1.87. The molecular weight excluding hydrogens is 268 g/mol. The van der Waals surface area contributed by atoms with E-state index in [1.54, 1.807) is 13.8 Å². The standard InChI is InChI=1S/C13H20O7/c1-6-7(2)17-13(20-10(5)16)12(19-9(4)15)11(6)18-8(3)14/h6-7,11-13H,1-5H3/t6-,7?,11?,12+,13+/m1/s1. The fourth-order valence-corrected chi connectivity index (χ4v) is 2.07. The van der Waals surface area contributed by atoms with Crippen molar-refractivity contribution in [3.63, 3.8) is 0 Å². The van der Waals surface area contributed by atoms with Gasteiger partial charge < -0.3 is 18.9 Å². The van der Waals surface area contributed by atoms with Crippen LogP contribution >= 0.6 is 0 Å². The van der Waals surface area contributed by atoms with Crippen molar-refractivity contribution in [1.82, 2.24) is 0 Å². The van der Waals surface area contributed by atoms with Gasteiger partial charge in [-0.05, 0) is 6.92 Å². The smallest absolute Gasteiger partial charge is 0.305 e. The molecule has 114 valence electrons. The van der Waals surface area contributed by atoms with Crippen LogP contribution in [0.5, 0.6) is 0 Å². The second-order valence-electron chi connectivity index (χ2n) is 4.83. The van der Waals surface area contributed by atoms with Gasteiger partial charge in [0, 0.05) is 26.7 Å². The average Bonchev–Trinajstić information content (AvgIpc) is 2.28. The molecule has 1 fully saturated rings. The topological polar surface area (TPSA) is 88.1 Å². The normalized spacial score (nSPS) is 33.1. The van der Waals surface area contributed by atoms with Crippen molar-refractivity contribution in [2.24, 2.45) is 5.92 Å². The summed E-state index contributed by atoms with van der Waals surface area (Å²) in [5.41, 5.74) is 0. The molecule has 0 aliphatic carbocycles. The van der Waals surface area contributed by atoms with Crippen LogP contribution in [0.1, 0.15) is 34.6 Å². The third kappa shape index (κ3) is 4.19. The van der Waals surface area contributed by atoms with E-state index in [0.717, 1.165) is 0 Å². The van der Waals surface area contributed by atoms with E-state index in [1.165, 1.54) is 20.8 Å². The minimum atomic E-state index is -1.09. The molecule has 5 atom stereocenters. The summed E-state index contributed by atoms with van der Waals surface area (Å²) in [6.45, 7) is 7.27. The Balaban J connectivity index is 3.00. The second kappa shape index (κ2) is 6.69. The Labute approximate surface area is 117 Å². The van der Waals surface area contributed by atoms with Gasteiger partial charge in [-0.3, -0.25) is 14.4 Å². The lowest BCUT2D eigenvalue weighted by atomic mass is 9.91. The molecule has 0 amide bonds.